The fourth-order valence-corrected chi connectivity index (χ4v) is 3.64. The number of alkyl halides is 6. The van der Waals surface area contributed by atoms with Crippen molar-refractivity contribution in [2.75, 3.05) is 0 Å². The number of hydrogen-bond acceptors (Lipinski definition) is 8. The van der Waals surface area contributed by atoms with Crippen molar-refractivity contribution in [1.29, 1.82) is 31.6 Å². The summed E-state index contributed by atoms with van der Waals surface area (Å²) in [6, 6.07) is 13.1. The van der Waals surface area contributed by atoms with Gasteiger partial charge in [0.1, 0.15) is 36.4 Å². The van der Waals surface area contributed by atoms with Gasteiger partial charge in [0.05, 0.1) is 33.4 Å². The lowest BCUT2D eigenvalue weighted by Crippen LogP contribution is -2.23. The number of nitriles is 6. The largest absolute Gasteiger partial charge is 0.434 e. The van der Waals surface area contributed by atoms with Gasteiger partial charge in [0.25, 0.3) is 0 Å². The second-order valence-corrected chi connectivity index (χ2v) is 7.57. The summed E-state index contributed by atoms with van der Waals surface area (Å²) in [7, 11) is 0. The van der Waals surface area contributed by atoms with Crippen molar-refractivity contribution in [3.63, 3.8) is 0 Å². The molecule has 192 valence electrons. The highest BCUT2D eigenvalue weighted by Crippen LogP contribution is 2.32. The van der Waals surface area contributed by atoms with Gasteiger partial charge in [-0.1, -0.05) is 12.1 Å². The van der Waals surface area contributed by atoms with Crippen LogP contribution >= 0.6 is 0 Å². The maximum atomic E-state index is 13.1. The molecule has 0 bridgehead atoms. The van der Waals surface area contributed by atoms with Crippen LogP contribution in [-0.2, 0) is 12.4 Å². The minimum Gasteiger partial charge on any atom is -0.250 e. The highest BCUT2D eigenvalue weighted by Gasteiger charge is 2.36. The van der Waals surface area contributed by atoms with Gasteiger partial charge >= 0.3 is 12.4 Å². The number of halogens is 6. The average Bonchev–Trinajstić information content (AvgIpc) is 2.92. The van der Waals surface area contributed by atoms with Crippen LogP contribution in [0.5, 0.6) is 0 Å². The third-order valence-corrected chi connectivity index (χ3v) is 5.32. The fraction of sp³-hybridized carbons (Fsp3) is 0.0769. The molecular weight excluding hydrogens is 538 g/mol. The SMILES string of the molecule is N#C/C(c1cnc(C(F)(F)F)c(C#N)c1)=c1\cc/c(=C(\C#N)c2cnc(C(F)(F)F)c(C#N)c2)c(C#N)c1C#N. The van der Waals surface area contributed by atoms with Crippen molar-refractivity contribution in [1.82, 2.24) is 9.97 Å². The Morgan fingerprint density at radius 1 is 0.575 bits per heavy atom. The summed E-state index contributed by atoms with van der Waals surface area (Å²) in [5.41, 5.74) is -7.23. The molecule has 3 rings (SSSR count). The Labute approximate surface area is 220 Å². The molecule has 3 aromatic rings. The molecule has 0 aliphatic heterocycles. The van der Waals surface area contributed by atoms with Gasteiger partial charge in [-0.2, -0.15) is 57.9 Å². The molecule has 2 heterocycles. The van der Waals surface area contributed by atoms with E-state index < -0.39 is 57.1 Å². The van der Waals surface area contributed by atoms with Crippen LogP contribution in [0.3, 0.4) is 0 Å². The fourth-order valence-electron chi connectivity index (χ4n) is 3.64. The maximum Gasteiger partial charge on any atom is 0.434 e. The van der Waals surface area contributed by atoms with E-state index in [1.807, 2.05) is 0 Å². The Balaban J connectivity index is 2.44. The molecule has 0 saturated heterocycles. The quantitative estimate of drug-likeness (QED) is 0.442. The minimum atomic E-state index is -4.97. The molecule has 0 N–H and O–H groups in total. The summed E-state index contributed by atoms with van der Waals surface area (Å²) < 4.78 is 78.8. The number of aromatic nitrogens is 2. The third-order valence-electron chi connectivity index (χ3n) is 5.32. The van der Waals surface area contributed by atoms with Gasteiger partial charge in [0.15, 0.2) is 11.4 Å². The second kappa shape index (κ2) is 10.6. The van der Waals surface area contributed by atoms with Crippen LogP contribution in [0, 0.1) is 68.0 Å². The molecule has 0 amide bonds. The normalized spacial score (nSPS) is 12.4. The first-order valence-electron chi connectivity index (χ1n) is 10.3. The monoisotopic (exact) mass is 544 g/mol. The van der Waals surface area contributed by atoms with E-state index in [9.17, 15) is 47.4 Å². The van der Waals surface area contributed by atoms with E-state index in [1.165, 1.54) is 12.1 Å². The zero-order chi connectivity index (χ0) is 29.8. The second-order valence-electron chi connectivity index (χ2n) is 7.57. The zero-order valence-electron chi connectivity index (χ0n) is 19.3. The van der Waals surface area contributed by atoms with Gasteiger partial charge in [-0.25, -0.2) is 9.97 Å². The zero-order valence-corrected chi connectivity index (χ0v) is 19.3. The van der Waals surface area contributed by atoms with E-state index in [0.29, 0.717) is 12.4 Å². The molecule has 0 spiro atoms. The first kappa shape index (κ1) is 28.4. The third kappa shape index (κ3) is 5.11. The van der Waals surface area contributed by atoms with Crippen molar-refractivity contribution in [2.24, 2.45) is 0 Å². The van der Waals surface area contributed by atoms with E-state index >= 15 is 0 Å². The van der Waals surface area contributed by atoms with Crippen molar-refractivity contribution < 1.29 is 26.3 Å². The summed E-state index contributed by atoms with van der Waals surface area (Å²) in [5, 5.41) is 56.9. The first-order chi connectivity index (χ1) is 18.9. The van der Waals surface area contributed by atoms with Gasteiger partial charge in [0, 0.05) is 34.0 Å². The van der Waals surface area contributed by atoms with E-state index in [2.05, 4.69) is 9.97 Å². The Hall–Kier alpha value is -6.22. The number of benzene rings is 1. The lowest BCUT2D eigenvalue weighted by molar-refractivity contribution is -0.142. The highest BCUT2D eigenvalue weighted by atomic mass is 19.4. The molecule has 0 radical (unpaired) electrons. The van der Waals surface area contributed by atoms with Crippen LogP contribution in [0.4, 0.5) is 26.3 Å². The molecule has 0 saturated carbocycles. The van der Waals surface area contributed by atoms with Crippen LogP contribution in [0.25, 0.3) is 11.1 Å². The van der Waals surface area contributed by atoms with Crippen molar-refractivity contribution >= 4 is 11.1 Å². The Kier molecular flexibility index (Phi) is 7.54. The standard InChI is InChI=1S/C26H6F6N8/c27-25(28,29)23-13(5-33)3-15(11-39-23)19(7-35)17-1-2-18(22(10-38)21(17)9-37)20(8-36)16-4-14(6-34)24(40-12-16)26(30,31)32/h1-4,11-12H/b19-17-,20-18-. The van der Waals surface area contributed by atoms with Crippen LogP contribution in [0.1, 0.15) is 44.8 Å². The van der Waals surface area contributed by atoms with Crippen LogP contribution in [0.2, 0.25) is 0 Å². The van der Waals surface area contributed by atoms with E-state index in [0.717, 1.165) is 24.3 Å². The summed E-state index contributed by atoms with van der Waals surface area (Å²) in [4.78, 5) is 6.45. The van der Waals surface area contributed by atoms with Crippen molar-refractivity contribution in [3.05, 3.63) is 91.9 Å². The molecule has 1 aromatic carbocycles. The molecule has 0 atom stereocenters. The lowest BCUT2D eigenvalue weighted by Gasteiger charge is -2.10. The number of rotatable bonds is 2. The maximum absolute atomic E-state index is 13.1. The molecule has 0 fully saturated rings. The summed E-state index contributed by atoms with van der Waals surface area (Å²) >= 11 is 0. The summed E-state index contributed by atoms with van der Waals surface area (Å²) in [6.45, 7) is 0. The van der Waals surface area contributed by atoms with Crippen molar-refractivity contribution in [3.8, 4) is 36.4 Å². The molecule has 8 nitrogen and oxygen atoms in total. The predicted molar refractivity (Wildman–Crippen MR) is 119 cm³/mol. The minimum absolute atomic E-state index is 0.253. The summed E-state index contributed by atoms with van der Waals surface area (Å²) in [5.74, 6) is 0. The lowest BCUT2D eigenvalue weighted by atomic mass is 9.94. The number of hydrogen-bond donors (Lipinski definition) is 0. The van der Waals surface area contributed by atoms with Gasteiger partial charge in [0.2, 0.25) is 0 Å². The summed E-state index contributed by atoms with van der Waals surface area (Å²) in [6.07, 6.45) is -8.61. The molecule has 2 aromatic heterocycles. The van der Waals surface area contributed by atoms with E-state index in [-0.39, 0.29) is 21.6 Å². The van der Waals surface area contributed by atoms with Crippen LogP contribution < -0.4 is 10.4 Å². The predicted octanol–water partition coefficient (Wildman–Crippen LogP) is 3.45. The highest BCUT2D eigenvalue weighted by molar-refractivity contribution is 5.81. The Bertz CT molecular complexity index is 1810. The average molecular weight is 544 g/mol. The van der Waals surface area contributed by atoms with Crippen molar-refractivity contribution in [2.45, 2.75) is 12.4 Å². The van der Waals surface area contributed by atoms with Crippen LogP contribution in [-0.4, -0.2) is 9.97 Å². The van der Waals surface area contributed by atoms with Gasteiger partial charge in [-0.15, -0.1) is 0 Å². The molecular formula is C26H6F6N8. The number of nitrogens with zero attached hydrogens (tertiary/aromatic N) is 8. The van der Waals surface area contributed by atoms with Gasteiger partial charge in [-0.05, 0) is 12.1 Å². The molecule has 0 aliphatic carbocycles. The molecule has 14 heteroatoms. The molecule has 40 heavy (non-hydrogen) atoms. The molecule has 0 unspecified atom stereocenters. The first-order valence-corrected chi connectivity index (χ1v) is 10.3. The molecule has 0 aliphatic rings. The van der Waals surface area contributed by atoms with Gasteiger partial charge < -0.3 is 0 Å². The van der Waals surface area contributed by atoms with E-state index in [1.54, 1.807) is 24.3 Å². The van der Waals surface area contributed by atoms with E-state index in [4.69, 9.17) is 10.5 Å². The Morgan fingerprint density at radius 3 is 1.18 bits per heavy atom. The Morgan fingerprint density at radius 2 is 0.925 bits per heavy atom. The number of pyridine rings is 2. The van der Waals surface area contributed by atoms with Crippen LogP contribution in [0.15, 0.2) is 36.7 Å². The smallest absolute Gasteiger partial charge is 0.250 e. The van der Waals surface area contributed by atoms with Gasteiger partial charge in [-0.3, -0.25) is 0 Å². The topological polar surface area (TPSA) is 169 Å².